The van der Waals surface area contributed by atoms with E-state index in [1.54, 1.807) is 0 Å². The van der Waals surface area contributed by atoms with Gasteiger partial charge in [-0.2, -0.15) is 0 Å². The molecule has 4 saturated carbocycles. The van der Waals surface area contributed by atoms with Crippen molar-refractivity contribution in [2.24, 2.45) is 41.4 Å². The van der Waals surface area contributed by atoms with Gasteiger partial charge in [-0.3, -0.25) is 0 Å². The number of aliphatic hydroxyl groups is 1. The van der Waals surface area contributed by atoms with E-state index < -0.39 is 0 Å². The summed E-state index contributed by atoms with van der Waals surface area (Å²) >= 11 is 0. The molecule has 2 heteroatoms. The molecule has 18 heavy (non-hydrogen) atoms. The van der Waals surface area contributed by atoms with Crippen LogP contribution >= 0.6 is 0 Å². The molecule has 1 N–H and O–H groups in total. The lowest BCUT2D eigenvalue weighted by Gasteiger charge is -2.45. The van der Waals surface area contributed by atoms with E-state index in [4.69, 9.17) is 4.74 Å². The van der Waals surface area contributed by atoms with Gasteiger partial charge in [0.25, 0.3) is 0 Å². The third-order valence-electron chi connectivity index (χ3n) is 7.20. The van der Waals surface area contributed by atoms with E-state index in [0.29, 0.717) is 5.92 Å². The maximum atomic E-state index is 10.2. The predicted molar refractivity (Wildman–Crippen MR) is 70.0 cm³/mol. The number of hydrogen-bond acceptors (Lipinski definition) is 2. The molecule has 4 bridgehead atoms. The second-order valence-electron chi connectivity index (χ2n) is 7.93. The van der Waals surface area contributed by atoms with Crippen molar-refractivity contribution in [1.82, 2.24) is 0 Å². The first-order valence-electron chi connectivity index (χ1n) is 7.76. The second kappa shape index (κ2) is 3.52. The Morgan fingerprint density at radius 2 is 1.61 bits per heavy atom. The fourth-order valence-corrected chi connectivity index (χ4v) is 6.52. The molecule has 0 spiro atoms. The SMILES string of the molecule is COC(C)(C)C1CC2CC1C1C3CC(CC3O)C21. The minimum Gasteiger partial charge on any atom is -0.393 e. The normalized spacial score (nSPS) is 57.3. The van der Waals surface area contributed by atoms with Crippen LogP contribution in [-0.2, 0) is 4.74 Å². The molecule has 4 rings (SSSR count). The maximum absolute atomic E-state index is 10.2. The second-order valence-corrected chi connectivity index (χ2v) is 7.93. The van der Waals surface area contributed by atoms with Crippen LogP contribution in [0.4, 0.5) is 0 Å². The predicted octanol–water partition coefficient (Wildman–Crippen LogP) is 2.70. The third kappa shape index (κ3) is 1.27. The molecule has 0 aromatic heterocycles. The van der Waals surface area contributed by atoms with Crippen LogP contribution in [0.25, 0.3) is 0 Å². The number of fused-ring (bicyclic) bond motifs is 9. The van der Waals surface area contributed by atoms with Crippen LogP contribution in [0.2, 0.25) is 0 Å². The van der Waals surface area contributed by atoms with E-state index in [9.17, 15) is 5.11 Å². The van der Waals surface area contributed by atoms with Gasteiger partial charge >= 0.3 is 0 Å². The standard InChI is InChI=1S/C16H26O2/c1-16(2,18-3)12-6-8-4-10(12)15-11-5-9(14(8)15)7-13(11)17/h8-15,17H,4-7H2,1-3H3. The molecule has 4 aliphatic rings. The van der Waals surface area contributed by atoms with Crippen LogP contribution in [0.5, 0.6) is 0 Å². The number of methoxy groups -OCH3 is 1. The fraction of sp³-hybridized carbons (Fsp3) is 1.00. The molecule has 4 aliphatic carbocycles. The third-order valence-corrected chi connectivity index (χ3v) is 7.20. The monoisotopic (exact) mass is 250 g/mol. The van der Waals surface area contributed by atoms with Gasteiger partial charge in [0.15, 0.2) is 0 Å². The van der Waals surface area contributed by atoms with Gasteiger partial charge in [0.05, 0.1) is 11.7 Å². The van der Waals surface area contributed by atoms with E-state index in [1.807, 2.05) is 7.11 Å². The van der Waals surface area contributed by atoms with E-state index in [0.717, 1.165) is 41.9 Å². The average Bonchev–Trinajstić information content (AvgIpc) is 3.04. The molecule has 0 amide bonds. The van der Waals surface area contributed by atoms with Crippen molar-refractivity contribution in [1.29, 1.82) is 0 Å². The molecule has 0 aliphatic heterocycles. The Morgan fingerprint density at radius 1 is 0.944 bits per heavy atom. The van der Waals surface area contributed by atoms with Crippen LogP contribution in [0.1, 0.15) is 39.5 Å². The lowest BCUT2D eigenvalue weighted by atomic mass is 9.63. The van der Waals surface area contributed by atoms with Gasteiger partial charge in [-0.05, 0) is 81.0 Å². The van der Waals surface area contributed by atoms with Gasteiger partial charge in [-0.15, -0.1) is 0 Å². The summed E-state index contributed by atoms with van der Waals surface area (Å²) in [7, 11) is 1.86. The molecule has 0 radical (unpaired) electrons. The van der Waals surface area contributed by atoms with Gasteiger partial charge in [-0.1, -0.05) is 0 Å². The Labute approximate surface area is 110 Å². The van der Waals surface area contributed by atoms with Crippen molar-refractivity contribution >= 4 is 0 Å². The van der Waals surface area contributed by atoms with Gasteiger partial charge in [0.2, 0.25) is 0 Å². The topological polar surface area (TPSA) is 29.5 Å². The summed E-state index contributed by atoms with van der Waals surface area (Å²) in [4.78, 5) is 0. The van der Waals surface area contributed by atoms with E-state index in [2.05, 4.69) is 13.8 Å². The molecule has 8 unspecified atom stereocenters. The summed E-state index contributed by atoms with van der Waals surface area (Å²) in [5, 5.41) is 10.2. The van der Waals surface area contributed by atoms with Crippen molar-refractivity contribution in [2.75, 3.05) is 7.11 Å². The van der Waals surface area contributed by atoms with Crippen LogP contribution in [0.3, 0.4) is 0 Å². The lowest BCUT2D eigenvalue weighted by molar-refractivity contribution is -0.0793. The maximum Gasteiger partial charge on any atom is 0.0653 e. The summed E-state index contributed by atoms with van der Waals surface area (Å²) in [6.45, 7) is 4.52. The van der Waals surface area contributed by atoms with Crippen LogP contribution in [0, 0.1) is 41.4 Å². The quantitative estimate of drug-likeness (QED) is 0.764. The van der Waals surface area contributed by atoms with Crippen LogP contribution < -0.4 is 0 Å². The summed E-state index contributed by atoms with van der Waals surface area (Å²) in [6.07, 6.45) is 5.25. The molecule has 0 heterocycles. The Hall–Kier alpha value is -0.0800. The van der Waals surface area contributed by atoms with Gasteiger partial charge < -0.3 is 9.84 Å². The van der Waals surface area contributed by atoms with E-state index in [-0.39, 0.29) is 11.7 Å². The van der Waals surface area contributed by atoms with Crippen molar-refractivity contribution in [3.8, 4) is 0 Å². The minimum absolute atomic E-state index is 0.0157. The molecule has 4 fully saturated rings. The molecule has 0 saturated heterocycles. The van der Waals surface area contributed by atoms with E-state index in [1.165, 1.54) is 19.3 Å². The fourth-order valence-electron chi connectivity index (χ4n) is 6.52. The van der Waals surface area contributed by atoms with Crippen LogP contribution in [-0.4, -0.2) is 23.9 Å². The molecular weight excluding hydrogens is 224 g/mol. The van der Waals surface area contributed by atoms with Gasteiger partial charge in [0.1, 0.15) is 0 Å². The molecule has 0 aromatic rings. The molecule has 2 nitrogen and oxygen atoms in total. The Balaban J connectivity index is 1.63. The largest absolute Gasteiger partial charge is 0.393 e. The zero-order valence-electron chi connectivity index (χ0n) is 11.8. The number of hydrogen-bond donors (Lipinski definition) is 1. The molecule has 102 valence electrons. The Bertz CT molecular complexity index is 364. The first kappa shape index (κ1) is 11.7. The number of ether oxygens (including phenoxy) is 1. The van der Waals surface area contributed by atoms with Crippen molar-refractivity contribution < 1.29 is 9.84 Å². The molecule has 0 aromatic carbocycles. The molecule has 8 atom stereocenters. The van der Waals surface area contributed by atoms with Crippen molar-refractivity contribution in [2.45, 2.75) is 51.2 Å². The van der Waals surface area contributed by atoms with Crippen molar-refractivity contribution in [3.63, 3.8) is 0 Å². The van der Waals surface area contributed by atoms with Gasteiger partial charge in [0, 0.05) is 7.11 Å². The Kier molecular flexibility index (Phi) is 2.29. The lowest BCUT2D eigenvalue weighted by Crippen LogP contribution is -2.45. The van der Waals surface area contributed by atoms with Crippen LogP contribution in [0.15, 0.2) is 0 Å². The first-order valence-corrected chi connectivity index (χ1v) is 7.76. The average molecular weight is 250 g/mol. The van der Waals surface area contributed by atoms with E-state index >= 15 is 0 Å². The summed E-state index contributed by atoms with van der Waals surface area (Å²) in [6, 6.07) is 0. The summed E-state index contributed by atoms with van der Waals surface area (Å²) in [5.74, 6) is 5.79. The zero-order chi connectivity index (χ0) is 12.7. The first-order chi connectivity index (χ1) is 8.53. The Morgan fingerprint density at radius 3 is 2.33 bits per heavy atom. The smallest absolute Gasteiger partial charge is 0.0653 e. The highest BCUT2D eigenvalue weighted by molar-refractivity contribution is 5.14. The van der Waals surface area contributed by atoms with Crippen molar-refractivity contribution in [3.05, 3.63) is 0 Å². The highest BCUT2D eigenvalue weighted by Crippen LogP contribution is 2.70. The van der Waals surface area contributed by atoms with Gasteiger partial charge in [-0.25, -0.2) is 0 Å². The number of rotatable bonds is 2. The summed E-state index contributed by atoms with van der Waals surface area (Å²) < 4.78 is 5.77. The molecular formula is C16H26O2. The highest BCUT2D eigenvalue weighted by Gasteiger charge is 2.66. The zero-order valence-corrected chi connectivity index (χ0v) is 11.8. The summed E-state index contributed by atoms with van der Waals surface area (Å²) in [5.41, 5.74) is 0.0250. The number of aliphatic hydroxyl groups excluding tert-OH is 1. The minimum atomic E-state index is 0.0157. The highest BCUT2D eigenvalue weighted by atomic mass is 16.5.